The summed E-state index contributed by atoms with van der Waals surface area (Å²) in [5, 5.41) is 0. The Bertz CT molecular complexity index is 226. The Kier molecular flexibility index (Phi) is 6.72. The van der Waals surface area contributed by atoms with Gasteiger partial charge < -0.3 is 14.2 Å². The molecule has 0 aliphatic rings. The molecule has 0 aromatic heterocycles. The smallest absolute Gasteiger partial charge is 0.314 e. The molecule has 0 amide bonds. The van der Waals surface area contributed by atoms with Crippen molar-refractivity contribution in [3.05, 3.63) is 0 Å². The highest BCUT2D eigenvalue weighted by Crippen LogP contribution is 2.22. The summed E-state index contributed by atoms with van der Waals surface area (Å²) >= 11 is 0. The van der Waals surface area contributed by atoms with Crippen LogP contribution in [0.2, 0.25) is 0 Å². The molecule has 0 saturated heterocycles. The van der Waals surface area contributed by atoms with Gasteiger partial charge in [-0.05, 0) is 33.1 Å². The van der Waals surface area contributed by atoms with E-state index in [9.17, 15) is 4.79 Å². The first-order valence-electron chi connectivity index (χ1n) is 5.99. The quantitative estimate of drug-likeness (QED) is 0.534. The molecule has 0 bridgehead atoms. The van der Waals surface area contributed by atoms with Gasteiger partial charge in [-0.15, -0.1) is 0 Å². The van der Waals surface area contributed by atoms with Crippen LogP contribution in [0.3, 0.4) is 0 Å². The summed E-state index contributed by atoms with van der Waals surface area (Å²) in [7, 11) is 3.07. The van der Waals surface area contributed by atoms with Gasteiger partial charge in [-0.2, -0.15) is 0 Å². The Morgan fingerprint density at radius 1 is 1.12 bits per heavy atom. The minimum absolute atomic E-state index is 0.264. The molecule has 0 aliphatic carbocycles. The molecule has 0 fully saturated rings. The van der Waals surface area contributed by atoms with E-state index in [1.54, 1.807) is 0 Å². The van der Waals surface area contributed by atoms with Crippen molar-refractivity contribution < 1.29 is 19.0 Å². The zero-order valence-electron chi connectivity index (χ0n) is 12.1. The van der Waals surface area contributed by atoms with Gasteiger partial charge >= 0.3 is 5.97 Å². The largest absolute Gasteiger partial charge is 0.460 e. The summed E-state index contributed by atoms with van der Waals surface area (Å²) in [5.41, 5.74) is -0.488. The maximum absolute atomic E-state index is 12.1. The molecule has 17 heavy (non-hydrogen) atoms. The second-order valence-corrected chi connectivity index (χ2v) is 5.61. The van der Waals surface area contributed by atoms with Crippen molar-refractivity contribution in [2.75, 3.05) is 14.2 Å². The fourth-order valence-corrected chi connectivity index (χ4v) is 1.63. The van der Waals surface area contributed by atoms with Gasteiger partial charge in [-0.1, -0.05) is 13.8 Å². The van der Waals surface area contributed by atoms with Gasteiger partial charge in [0.25, 0.3) is 0 Å². The monoisotopic (exact) mass is 246 g/mol. The predicted molar refractivity (Wildman–Crippen MR) is 66.6 cm³/mol. The van der Waals surface area contributed by atoms with Gasteiger partial charge in [0.2, 0.25) is 0 Å². The number of hydrogen-bond acceptors (Lipinski definition) is 4. The highest BCUT2D eigenvalue weighted by Gasteiger charge is 2.33. The van der Waals surface area contributed by atoms with Crippen molar-refractivity contribution in [2.24, 2.45) is 11.8 Å². The summed E-state index contributed by atoms with van der Waals surface area (Å²) < 4.78 is 15.7. The molecule has 1 unspecified atom stereocenters. The van der Waals surface area contributed by atoms with Crippen LogP contribution in [0.15, 0.2) is 0 Å². The van der Waals surface area contributed by atoms with E-state index in [2.05, 4.69) is 13.8 Å². The average Bonchev–Trinajstić information content (AvgIpc) is 2.14. The van der Waals surface area contributed by atoms with Crippen molar-refractivity contribution in [1.29, 1.82) is 0 Å². The summed E-state index contributed by atoms with van der Waals surface area (Å²) in [5.74, 6) is -0.274. The van der Waals surface area contributed by atoms with Crippen molar-refractivity contribution in [3.8, 4) is 0 Å². The maximum atomic E-state index is 12.1. The van der Waals surface area contributed by atoms with Gasteiger partial charge in [0.15, 0.2) is 6.29 Å². The Morgan fingerprint density at radius 2 is 1.59 bits per heavy atom. The first-order valence-corrected chi connectivity index (χ1v) is 5.99. The number of rotatable bonds is 6. The summed E-state index contributed by atoms with van der Waals surface area (Å²) in [6.07, 6.45) is 0.133. The summed E-state index contributed by atoms with van der Waals surface area (Å²) in [6.45, 7) is 9.67. The fourth-order valence-electron chi connectivity index (χ4n) is 1.63. The molecule has 0 N–H and O–H groups in total. The van der Waals surface area contributed by atoms with Crippen LogP contribution in [0.25, 0.3) is 0 Å². The number of carbonyl (C=O) groups is 1. The molecule has 0 spiro atoms. The molecule has 0 saturated carbocycles. The lowest BCUT2D eigenvalue weighted by atomic mass is 9.96. The standard InChI is InChI=1S/C13H26O4/c1-9(2)8-10(12(15-6)16-7)11(14)17-13(3,4)5/h9-10,12H,8H2,1-7H3. The third kappa shape index (κ3) is 6.64. The van der Waals surface area contributed by atoms with E-state index in [1.807, 2.05) is 20.8 Å². The summed E-state index contributed by atoms with van der Waals surface area (Å²) in [6, 6.07) is 0. The van der Waals surface area contributed by atoms with Crippen LogP contribution in [0, 0.1) is 11.8 Å². The average molecular weight is 246 g/mol. The topological polar surface area (TPSA) is 44.8 Å². The SMILES string of the molecule is COC(OC)C(CC(C)C)C(=O)OC(C)(C)C. The third-order valence-corrected chi connectivity index (χ3v) is 2.23. The van der Waals surface area contributed by atoms with Crippen LogP contribution in [0.4, 0.5) is 0 Å². The molecular weight excluding hydrogens is 220 g/mol. The molecule has 4 heteroatoms. The van der Waals surface area contributed by atoms with E-state index >= 15 is 0 Å². The molecule has 4 nitrogen and oxygen atoms in total. The second kappa shape index (κ2) is 6.97. The zero-order valence-corrected chi connectivity index (χ0v) is 12.1. The first-order chi connectivity index (χ1) is 7.71. The van der Waals surface area contributed by atoms with E-state index < -0.39 is 11.9 Å². The van der Waals surface area contributed by atoms with Crippen LogP contribution in [0.1, 0.15) is 41.0 Å². The van der Waals surface area contributed by atoms with Crippen LogP contribution in [0.5, 0.6) is 0 Å². The van der Waals surface area contributed by atoms with E-state index in [0.717, 1.165) is 0 Å². The molecule has 0 heterocycles. The van der Waals surface area contributed by atoms with Crippen LogP contribution < -0.4 is 0 Å². The lowest BCUT2D eigenvalue weighted by Crippen LogP contribution is -2.37. The minimum Gasteiger partial charge on any atom is -0.460 e. The third-order valence-electron chi connectivity index (χ3n) is 2.23. The fraction of sp³-hybridized carbons (Fsp3) is 0.923. The van der Waals surface area contributed by atoms with Gasteiger partial charge in [0.1, 0.15) is 11.5 Å². The molecule has 0 rings (SSSR count). The Balaban J connectivity index is 4.72. The second-order valence-electron chi connectivity index (χ2n) is 5.61. The zero-order chi connectivity index (χ0) is 13.6. The normalized spacial score (nSPS) is 14.2. The van der Waals surface area contributed by atoms with Crippen molar-refractivity contribution in [3.63, 3.8) is 0 Å². The molecule has 102 valence electrons. The molecule has 0 aromatic rings. The van der Waals surface area contributed by atoms with Crippen molar-refractivity contribution in [2.45, 2.75) is 52.9 Å². The van der Waals surface area contributed by atoms with Gasteiger partial charge in [0, 0.05) is 14.2 Å². The molecular formula is C13H26O4. The van der Waals surface area contributed by atoms with Crippen molar-refractivity contribution in [1.82, 2.24) is 0 Å². The summed E-state index contributed by atoms with van der Waals surface area (Å²) in [4.78, 5) is 12.1. The molecule has 0 aliphatic heterocycles. The van der Waals surface area contributed by atoms with Crippen LogP contribution in [-0.2, 0) is 19.0 Å². The highest BCUT2D eigenvalue weighted by atomic mass is 16.7. The van der Waals surface area contributed by atoms with E-state index in [1.165, 1.54) is 14.2 Å². The van der Waals surface area contributed by atoms with E-state index in [-0.39, 0.29) is 11.9 Å². The lowest BCUT2D eigenvalue weighted by Gasteiger charge is -2.28. The van der Waals surface area contributed by atoms with E-state index in [0.29, 0.717) is 12.3 Å². The number of hydrogen-bond donors (Lipinski definition) is 0. The van der Waals surface area contributed by atoms with Gasteiger partial charge in [-0.25, -0.2) is 0 Å². The van der Waals surface area contributed by atoms with Gasteiger partial charge in [-0.3, -0.25) is 4.79 Å². The molecule has 0 aromatic carbocycles. The van der Waals surface area contributed by atoms with Crippen molar-refractivity contribution >= 4 is 5.97 Å². The minimum atomic E-state index is -0.549. The number of ether oxygens (including phenoxy) is 3. The molecule has 0 radical (unpaired) electrons. The Hall–Kier alpha value is -0.610. The number of carbonyl (C=O) groups excluding carboxylic acids is 1. The Labute approximate surface area is 105 Å². The highest BCUT2D eigenvalue weighted by molar-refractivity contribution is 5.73. The first kappa shape index (κ1) is 16.4. The van der Waals surface area contributed by atoms with Gasteiger partial charge in [0.05, 0.1) is 0 Å². The number of esters is 1. The predicted octanol–water partition coefficient (Wildman–Crippen LogP) is 2.61. The van der Waals surface area contributed by atoms with E-state index in [4.69, 9.17) is 14.2 Å². The lowest BCUT2D eigenvalue weighted by molar-refractivity contribution is -0.187. The van der Waals surface area contributed by atoms with Crippen LogP contribution in [-0.4, -0.2) is 32.1 Å². The molecule has 1 atom stereocenters. The number of methoxy groups -OCH3 is 2. The Morgan fingerprint density at radius 3 is 1.88 bits per heavy atom. The maximum Gasteiger partial charge on any atom is 0.314 e. The van der Waals surface area contributed by atoms with Crippen LogP contribution >= 0.6 is 0 Å².